The van der Waals surface area contributed by atoms with E-state index >= 15 is 0 Å². The number of nitrogens with two attached hydrogens (primary N) is 1. The quantitative estimate of drug-likeness (QED) is 0.0494. The number of hydrogen-bond acceptors (Lipinski definition) is 12. The standard InChI is InChI=1S/C48H60N8O11/c1-9-31-26-56(44(58)38-24-32-23-34(16-17-36(32)66-38)64-22-21-53(4)5)35-25-37(42-41(40(31)35)39(29(3)51-42)45(59)63-8)67-48(62)55(7)20-19-54(6)47(61)65-27-30-12-14-33(15-13-30)52-43(57)28(2)11-10-18-50-46(49)60/h12-17,23-25,28,31,51H,9-11,18-22,26-27H2,1-8H3,(H,52,57)(H3,49,50,60)/t28?,31-/m1/s1. The Morgan fingerprint density at radius 3 is 2.34 bits per heavy atom. The summed E-state index contributed by atoms with van der Waals surface area (Å²) < 4.78 is 28.7. The van der Waals surface area contributed by atoms with E-state index in [-0.39, 0.29) is 61.1 Å². The number of esters is 1. The summed E-state index contributed by atoms with van der Waals surface area (Å²) in [5.74, 6) is -0.776. The smallest absolute Gasteiger partial charge is 0.415 e. The summed E-state index contributed by atoms with van der Waals surface area (Å²) in [6.07, 6.45) is 0.439. The van der Waals surface area contributed by atoms with Gasteiger partial charge in [-0.1, -0.05) is 26.0 Å². The number of carbonyl (C=O) groups excluding carboxylic acids is 6. The highest BCUT2D eigenvalue weighted by molar-refractivity contribution is 6.14. The van der Waals surface area contributed by atoms with Gasteiger partial charge in [0.05, 0.1) is 23.9 Å². The van der Waals surface area contributed by atoms with Gasteiger partial charge in [0.25, 0.3) is 5.91 Å². The van der Waals surface area contributed by atoms with Crippen LogP contribution in [-0.2, 0) is 20.9 Å². The maximum absolute atomic E-state index is 14.4. The van der Waals surface area contributed by atoms with Crippen molar-refractivity contribution in [1.82, 2.24) is 25.0 Å². The molecular formula is C48H60N8O11. The molecule has 0 spiro atoms. The maximum Gasteiger partial charge on any atom is 0.415 e. The lowest BCUT2D eigenvalue weighted by molar-refractivity contribution is -0.119. The van der Waals surface area contributed by atoms with E-state index < -0.39 is 30.1 Å². The van der Waals surface area contributed by atoms with Crippen molar-refractivity contribution < 1.29 is 52.1 Å². The molecule has 358 valence electrons. The molecule has 6 amide bonds. The first-order valence-electron chi connectivity index (χ1n) is 22.1. The number of fused-ring (bicyclic) bond motifs is 4. The number of nitrogens with zero attached hydrogens (tertiary/aromatic N) is 4. The second-order valence-corrected chi connectivity index (χ2v) is 16.9. The van der Waals surface area contributed by atoms with Gasteiger partial charge in [-0.2, -0.15) is 0 Å². The SMILES string of the molecule is CC[C@@H]1CN(C(=O)c2cc3cc(OCCN(C)C)ccc3o2)c2cc(OC(=O)N(C)CCN(C)C(=O)OCc3ccc(NC(=O)C(C)CCCNC(N)=O)cc3)c3[nH]c(C)c(C(=O)OC)c3c21. The van der Waals surface area contributed by atoms with Crippen LogP contribution in [0.4, 0.5) is 25.8 Å². The molecule has 6 rings (SSSR count). The molecule has 1 aliphatic heterocycles. The number of ether oxygens (including phenoxy) is 4. The molecule has 2 aromatic heterocycles. The Morgan fingerprint density at radius 2 is 1.67 bits per heavy atom. The molecular weight excluding hydrogens is 865 g/mol. The average Bonchev–Trinajstić information content (AvgIpc) is 4.01. The number of anilines is 2. The van der Waals surface area contributed by atoms with Gasteiger partial charge in [-0.3, -0.25) is 9.59 Å². The second kappa shape index (κ2) is 21.8. The Kier molecular flexibility index (Phi) is 16.0. The topological polar surface area (TPSA) is 231 Å². The van der Waals surface area contributed by atoms with E-state index in [0.29, 0.717) is 82.7 Å². The maximum atomic E-state index is 14.4. The first kappa shape index (κ1) is 49.2. The molecule has 1 aliphatic rings. The highest BCUT2D eigenvalue weighted by Crippen LogP contribution is 2.48. The van der Waals surface area contributed by atoms with Crippen molar-refractivity contribution in [3.05, 3.63) is 82.7 Å². The number of likely N-dealkylation sites (N-methyl/N-ethyl adjacent to an activating group) is 3. The highest BCUT2D eigenvalue weighted by atomic mass is 16.6. The fourth-order valence-electron chi connectivity index (χ4n) is 7.80. The molecule has 19 nitrogen and oxygen atoms in total. The largest absolute Gasteiger partial charge is 0.492 e. The van der Waals surface area contributed by atoms with Gasteiger partial charge in [0.2, 0.25) is 5.91 Å². The Balaban J connectivity index is 1.11. The van der Waals surface area contributed by atoms with Crippen molar-refractivity contribution in [3.8, 4) is 11.5 Å². The molecule has 1 unspecified atom stereocenters. The third kappa shape index (κ3) is 11.8. The number of hydrogen-bond donors (Lipinski definition) is 4. The van der Waals surface area contributed by atoms with Gasteiger partial charge in [-0.05, 0) is 87.8 Å². The van der Waals surface area contributed by atoms with E-state index in [2.05, 4.69) is 15.6 Å². The minimum atomic E-state index is -0.750. The van der Waals surface area contributed by atoms with E-state index in [4.69, 9.17) is 29.1 Å². The number of nitrogens with one attached hydrogen (secondary N) is 3. The van der Waals surface area contributed by atoms with Crippen LogP contribution in [0, 0.1) is 12.8 Å². The predicted molar refractivity (Wildman–Crippen MR) is 252 cm³/mol. The molecule has 0 aliphatic carbocycles. The van der Waals surface area contributed by atoms with Gasteiger partial charge in [-0.25, -0.2) is 19.2 Å². The molecule has 0 fully saturated rings. The summed E-state index contributed by atoms with van der Waals surface area (Å²) in [5.41, 5.74) is 9.25. The Hall–Kier alpha value is -7.28. The second-order valence-electron chi connectivity index (χ2n) is 16.9. The van der Waals surface area contributed by atoms with Gasteiger partial charge < -0.3 is 64.3 Å². The fourth-order valence-corrected chi connectivity index (χ4v) is 7.80. The van der Waals surface area contributed by atoms with Crippen LogP contribution in [0.15, 0.2) is 59.0 Å². The zero-order valence-corrected chi connectivity index (χ0v) is 39.3. The summed E-state index contributed by atoms with van der Waals surface area (Å²) in [6.45, 7) is 7.57. The number of carbonyl (C=O) groups is 6. The molecule has 2 atom stereocenters. The molecule has 3 heterocycles. The summed E-state index contributed by atoms with van der Waals surface area (Å²) in [5, 5.41) is 6.56. The summed E-state index contributed by atoms with van der Waals surface area (Å²) in [7, 11) is 8.29. The van der Waals surface area contributed by atoms with Crippen LogP contribution in [0.3, 0.4) is 0 Å². The molecule has 0 bridgehead atoms. The van der Waals surface area contributed by atoms with Gasteiger partial charge in [0.15, 0.2) is 11.5 Å². The van der Waals surface area contributed by atoms with Crippen LogP contribution in [0.2, 0.25) is 0 Å². The Labute approximate surface area is 388 Å². The van der Waals surface area contributed by atoms with Crippen LogP contribution in [-0.4, -0.2) is 130 Å². The van der Waals surface area contributed by atoms with Crippen LogP contribution in [0.5, 0.6) is 11.5 Å². The first-order valence-corrected chi connectivity index (χ1v) is 22.1. The summed E-state index contributed by atoms with van der Waals surface area (Å²) in [6, 6.07) is 15.0. The first-order chi connectivity index (χ1) is 32.0. The number of aromatic amines is 1. The number of methoxy groups -OCH3 is 1. The van der Waals surface area contributed by atoms with Crippen LogP contribution >= 0.6 is 0 Å². The molecule has 67 heavy (non-hydrogen) atoms. The van der Waals surface area contributed by atoms with Gasteiger partial charge in [0.1, 0.15) is 24.5 Å². The third-order valence-corrected chi connectivity index (χ3v) is 11.7. The molecule has 0 saturated carbocycles. The molecule has 0 radical (unpaired) electrons. The lowest BCUT2D eigenvalue weighted by atomic mass is 9.93. The number of amides is 6. The molecule has 0 saturated heterocycles. The Morgan fingerprint density at radius 1 is 0.955 bits per heavy atom. The normalized spacial score (nSPS) is 13.6. The van der Waals surface area contributed by atoms with E-state index in [1.54, 1.807) is 74.3 Å². The predicted octanol–water partition coefficient (Wildman–Crippen LogP) is 6.83. The number of aryl methyl sites for hydroxylation is 1. The van der Waals surface area contributed by atoms with Crippen molar-refractivity contribution in [1.29, 1.82) is 0 Å². The minimum Gasteiger partial charge on any atom is -0.492 e. The Bertz CT molecular complexity index is 2620. The number of furan rings is 1. The number of rotatable bonds is 19. The lowest BCUT2D eigenvalue weighted by Gasteiger charge is -2.22. The monoisotopic (exact) mass is 924 g/mol. The van der Waals surface area contributed by atoms with E-state index in [0.717, 1.165) is 12.1 Å². The van der Waals surface area contributed by atoms with Crippen molar-refractivity contribution in [2.45, 2.75) is 52.6 Å². The van der Waals surface area contributed by atoms with Crippen molar-refractivity contribution >= 4 is 69.2 Å². The zero-order chi connectivity index (χ0) is 48.5. The van der Waals surface area contributed by atoms with Crippen LogP contribution in [0.1, 0.15) is 76.8 Å². The highest BCUT2D eigenvalue weighted by Gasteiger charge is 2.39. The van der Waals surface area contributed by atoms with Crippen molar-refractivity contribution in [3.63, 3.8) is 0 Å². The number of H-pyrrole nitrogens is 1. The molecule has 3 aromatic carbocycles. The molecule has 5 N–H and O–H groups in total. The zero-order valence-electron chi connectivity index (χ0n) is 39.3. The number of aromatic nitrogens is 1. The van der Waals surface area contributed by atoms with Crippen molar-refractivity contribution in [2.75, 3.05) is 84.8 Å². The summed E-state index contributed by atoms with van der Waals surface area (Å²) >= 11 is 0. The van der Waals surface area contributed by atoms with Crippen molar-refractivity contribution in [2.24, 2.45) is 11.7 Å². The fraction of sp³-hybridized carbons (Fsp3) is 0.417. The number of urea groups is 1. The molecule has 19 heteroatoms. The van der Waals surface area contributed by atoms with Gasteiger partial charge >= 0.3 is 24.2 Å². The number of benzene rings is 3. The third-order valence-electron chi connectivity index (χ3n) is 11.7. The van der Waals surface area contributed by atoms with E-state index in [9.17, 15) is 28.8 Å². The van der Waals surface area contributed by atoms with E-state index in [1.807, 2.05) is 32.0 Å². The summed E-state index contributed by atoms with van der Waals surface area (Å²) in [4.78, 5) is 87.3. The average molecular weight is 925 g/mol. The lowest BCUT2D eigenvalue weighted by Crippen LogP contribution is -2.38. The van der Waals surface area contributed by atoms with Gasteiger partial charge in [-0.15, -0.1) is 0 Å². The van der Waals surface area contributed by atoms with Crippen LogP contribution < -0.4 is 30.7 Å². The van der Waals surface area contributed by atoms with Crippen LogP contribution in [0.25, 0.3) is 21.9 Å². The van der Waals surface area contributed by atoms with Gasteiger partial charge in [0, 0.05) is 86.9 Å². The number of primary amides is 1. The molecule has 5 aromatic rings. The van der Waals surface area contributed by atoms with E-state index in [1.165, 1.54) is 24.0 Å². The minimum absolute atomic E-state index is 0.0298.